The van der Waals surface area contributed by atoms with E-state index in [1.165, 1.54) is 6.07 Å². The quantitative estimate of drug-likeness (QED) is 0.582. The van der Waals surface area contributed by atoms with E-state index in [1.54, 1.807) is 18.2 Å². The Hall–Kier alpha value is -3.41. The van der Waals surface area contributed by atoms with Crippen LogP contribution in [0.1, 0.15) is 49.4 Å². The molecule has 4 rings (SSSR count). The lowest BCUT2D eigenvalue weighted by atomic mass is 9.92. The van der Waals surface area contributed by atoms with Crippen LogP contribution < -0.4 is 5.32 Å². The summed E-state index contributed by atoms with van der Waals surface area (Å²) in [6, 6.07) is 15.8. The third-order valence-electron chi connectivity index (χ3n) is 5.57. The van der Waals surface area contributed by atoms with Crippen molar-refractivity contribution in [3.8, 4) is 11.1 Å². The topological polar surface area (TPSA) is 46.2 Å². The Bertz CT molecular complexity index is 1160. The smallest absolute Gasteiger partial charge is 0.348 e. The van der Waals surface area contributed by atoms with Gasteiger partial charge in [-0.15, -0.1) is 0 Å². The van der Waals surface area contributed by atoms with E-state index in [-0.39, 0.29) is 18.2 Å². The van der Waals surface area contributed by atoms with E-state index in [4.69, 9.17) is 0 Å². The fraction of sp³-hybridized carbons (Fsp3) is 0.200. The Morgan fingerprint density at radius 1 is 1.00 bits per heavy atom. The van der Waals surface area contributed by atoms with Gasteiger partial charge >= 0.3 is 6.18 Å². The third kappa shape index (κ3) is 4.24. The summed E-state index contributed by atoms with van der Waals surface area (Å²) in [4.78, 5) is 24.5. The predicted molar refractivity (Wildman–Crippen MR) is 112 cm³/mol. The first-order valence-electron chi connectivity index (χ1n) is 9.94. The molecule has 0 spiro atoms. The highest BCUT2D eigenvalue weighted by molar-refractivity contribution is 6.03. The van der Waals surface area contributed by atoms with E-state index < -0.39 is 11.7 Å². The lowest BCUT2D eigenvalue weighted by Gasteiger charge is -2.13. The van der Waals surface area contributed by atoms with Crippen molar-refractivity contribution in [2.24, 2.45) is 0 Å². The van der Waals surface area contributed by atoms with Gasteiger partial charge in [-0.2, -0.15) is 13.2 Å². The number of alkyl halides is 3. The van der Waals surface area contributed by atoms with Crippen LogP contribution in [-0.2, 0) is 19.1 Å². The molecule has 0 unspecified atom stereocenters. The van der Waals surface area contributed by atoms with E-state index in [1.807, 2.05) is 31.2 Å². The van der Waals surface area contributed by atoms with Crippen LogP contribution in [0.5, 0.6) is 0 Å². The summed E-state index contributed by atoms with van der Waals surface area (Å²) in [5, 5.41) is 2.66. The monoisotopic (exact) mass is 423 g/mol. The molecule has 0 saturated heterocycles. The number of hydrogen-bond acceptors (Lipinski definition) is 2. The standard InChI is InChI=1S/C25H20F3NO2/c1-15-5-10-20-21(11-12-22(20)30)23(15)17-6-8-18(9-7-17)24(31)29-14-16-3-2-4-19(13-16)25(26,27)28/h2-10,13H,11-12,14H2,1H3,(H,29,31). The molecule has 0 aliphatic heterocycles. The highest BCUT2D eigenvalue weighted by Crippen LogP contribution is 2.35. The molecule has 6 heteroatoms. The van der Waals surface area contributed by atoms with Gasteiger partial charge in [0, 0.05) is 24.1 Å². The molecule has 0 aromatic heterocycles. The molecule has 31 heavy (non-hydrogen) atoms. The van der Waals surface area contributed by atoms with Gasteiger partial charge in [-0.05, 0) is 65.4 Å². The van der Waals surface area contributed by atoms with E-state index in [2.05, 4.69) is 5.32 Å². The normalized spacial score (nSPS) is 13.2. The van der Waals surface area contributed by atoms with Crippen LogP contribution in [0, 0.1) is 6.92 Å². The maximum absolute atomic E-state index is 12.8. The highest BCUT2D eigenvalue weighted by Gasteiger charge is 2.30. The molecular weight excluding hydrogens is 403 g/mol. The number of benzene rings is 3. The number of nitrogens with one attached hydrogen (secondary N) is 1. The molecule has 1 amide bonds. The Labute approximate surface area is 177 Å². The summed E-state index contributed by atoms with van der Waals surface area (Å²) in [6.07, 6.45) is -3.19. The van der Waals surface area contributed by atoms with Crippen molar-refractivity contribution >= 4 is 11.7 Å². The Morgan fingerprint density at radius 2 is 1.74 bits per heavy atom. The number of carbonyl (C=O) groups is 2. The summed E-state index contributed by atoms with van der Waals surface area (Å²) < 4.78 is 38.5. The van der Waals surface area contributed by atoms with Gasteiger partial charge in [0.2, 0.25) is 0 Å². The molecule has 1 N–H and O–H groups in total. The molecule has 0 fully saturated rings. The molecule has 0 saturated carbocycles. The maximum Gasteiger partial charge on any atom is 0.416 e. The second-order valence-corrected chi connectivity index (χ2v) is 7.66. The summed E-state index contributed by atoms with van der Waals surface area (Å²) >= 11 is 0. The molecule has 1 aliphatic carbocycles. The molecule has 3 aromatic carbocycles. The number of Topliss-reactive ketones (excluding diaryl/α,β-unsaturated/α-hetero) is 1. The third-order valence-corrected chi connectivity index (χ3v) is 5.57. The minimum atomic E-state index is -4.42. The van der Waals surface area contributed by atoms with Gasteiger partial charge in [-0.3, -0.25) is 9.59 Å². The number of amides is 1. The lowest BCUT2D eigenvalue weighted by Crippen LogP contribution is -2.23. The van der Waals surface area contributed by atoms with Crippen molar-refractivity contribution in [3.05, 3.63) is 94.0 Å². The van der Waals surface area contributed by atoms with Crippen molar-refractivity contribution in [1.82, 2.24) is 5.32 Å². The summed E-state index contributed by atoms with van der Waals surface area (Å²) in [5.74, 6) is -0.212. The number of carbonyl (C=O) groups excluding carboxylic acids is 2. The highest BCUT2D eigenvalue weighted by atomic mass is 19.4. The summed E-state index contributed by atoms with van der Waals surface area (Å²) in [5.41, 5.74) is 4.88. The zero-order chi connectivity index (χ0) is 22.2. The van der Waals surface area contributed by atoms with Crippen molar-refractivity contribution in [3.63, 3.8) is 0 Å². The van der Waals surface area contributed by atoms with Crippen LogP contribution in [-0.4, -0.2) is 11.7 Å². The second-order valence-electron chi connectivity index (χ2n) is 7.66. The van der Waals surface area contributed by atoms with Gasteiger partial charge in [-0.1, -0.05) is 36.4 Å². The van der Waals surface area contributed by atoms with Gasteiger partial charge in [0.1, 0.15) is 0 Å². The number of fused-ring (bicyclic) bond motifs is 1. The first-order chi connectivity index (χ1) is 14.7. The second kappa shape index (κ2) is 8.02. The van der Waals surface area contributed by atoms with Crippen LogP contribution in [0.25, 0.3) is 11.1 Å². The van der Waals surface area contributed by atoms with Crippen molar-refractivity contribution in [2.75, 3.05) is 0 Å². The molecule has 0 radical (unpaired) electrons. The zero-order valence-corrected chi connectivity index (χ0v) is 16.8. The lowest BCUT2D eigenvalue weighted by molar-refractivity contribution is -0.137. The molecule has 0 atom stereocenters. The Balaban J connectivity index is 1.50. The van der Waals surface area contributed by atoms with E-state index in [0.29, 0.717) is 24.0 Å². The molecule has 1 aliphatic rings. The first kappa shape index (κ1) is 20.8. The van der Waals surface area contributed by atoms with E-state index in [9.17, 15) is 22.8 Å². The largest absolute Gasteiger partial charge is 0.416 e. The number of rotatable bonds is 4. The minimum absolute atomic E-state index is 0.00207. The van der Waals surface area contributed by atoms with Crippen LogP contribution >= 0.6 is 0 Å². The fourth-order valence-corrected chi connectivity index (χ4v) is 3.99. The van der Waals surface area contributed by atoms with Gasteiger partial charge in [0.25, 0.3) is 5.91 Å². The van der Waals surface area contributed by atoms with Gasteiger partial charge in [0.05, 0.1) is 5.56 Å². The van der Waals surface area contributed by atoms with Crippen molar-refractivity contribution in [2.45, 2.75) is 32.5 Å². The van der Waals surface area contributed by atoms with Crippen LogP contribution in [0.2, 0.25) is 0 Å². The van der Waals surface area contributed by atoms with Gasteiger partial charge in [-0.25, -0.2) is 0 Å². The van der Waals surface area contributed by atoms with E-state index in [0.717, 1.165) is 39.9 Å². The van der Waals surface area contributed by atoms with Crippen molar-refractivity contribution in [1.29, 1.82) is 0 Å². The molecular formula is C25H20F3NO2. The summed E-state index contributed by atoms with van der Waals surface area (Å²) in [7, 11) is 0. The predicted octanol–water partition coefficient (Wildman–Crippen LogP) is 5.74. The fourth-order valence-electron chi connectivity index (χ4n) is 3.99. The van der Waals surface area contributed by atoms with Crippen LogP contribution in [0.3, 0.4) is 0 Å². The van der Waals surface area contributed by atoms with Gasteiger partial charge < -0.3 is 5.32 Å². The molecule has 3 nitrogen and oxygen atoms in total. The SMILES string of the molecule is Cc1ccc2c(c1-c1ccc(C(=O)NCc3cccc(C(F)(F)F)c3)cc1)CCC2=O. The number of halogens is 3. The Morgan fingerprint density at radius 3 is 2.45 bits per heavy atom. The minimum Gasteiger partial charge on any atom is -0.348 e. The van der Waals surface area contributed by atoms with Crippen molar-refractivity contribution < 1.29 is 22.8 Å². The molecule has 0 bridgehead atoms. The first-order valence-corrected chi connectivity index (χ1v) is 9.94. The number of hydrogen-bond donors (Lipinski definition) is 1. The molecule has 158 valence electrons. The summed E-state index contributed by atoms with van der Waals surface area (Å²) in [6.45, 7) is 1.99. The van der Waals surface area contributed by atoms with Gasteiger partial charge in [0.15, 0.2) is 5.78 Å². The number of aryl methyl sites for hydroxylation is 1. The van der Waals surface area contributed by atoms with E-state index >= 15 is 0 Å². The average Bonchev–Trinajstić information content (AvgIpc) is 3.12. The van der Waals surface area contributed by atoms with Crippen LogP contribution in [0.4, 0.5) is 13.2 Å². The zero-order valence-electron chi connectivity index (χ0n) is 16.8. The van der Waals surface area contributed by atoms with Crippen LogP contribution in [0.15, 0.2) is 60.7 Å². The average molecular weight is 423 g/mol. The number of ketones is 1. The molecule has 0 heterocycles. The Kier molecular flexibility index (Phi) is 5.39. The maximum atomic E-state index is 12.8. The molecule has 3 aromatic rings.